The van der Waals surface area contributed by atoms with E-state index in [-0.39, 0.29) is 11.1 Å². The summed E-state index contributed by atoms with van der Waals surface area (Å²) >= 11 is 12.6. The van der Waals surface area contributed by atoms with Crippen molar-refractivity contribution in [3.05, 3.63) is 79.7 Å². The van der Waals surface area contributed by atoms with Crippen LogP contribution in [0.3, 0.4) is 0 Å². The van der Waals surface area contributed by atoms with Gasteiger partial charge in [-0.05, 0) is 60.8 Å². The zero-order valence-electron chi connectivity index (χ0n) is 16.6. The highest BCUT2D eigenvalue weighted by atomic mass is 35.5. The van der Waals surface area contributed by atoms with Crippen molar-refractivity contribution in [3.8, 4) is 5.69 Å². The van der Waals surface area contributed by atoms with Crippen LogP contribution in [0.15, 0.2) is 47.4 Å². The molecule has 4 aromatic rings. The van der Waals surface area contributed by atoms with Gasteiger partial charge in [-0.1, -0.05) is 35.3 Å². The first-order valence-electron chi connectivity index (χ1n) is 9.82. The van der Waals surface area contributed by atoms with Crippen molar-refractivity contribution in [1.29, 1.82) is 0 Å². The molecule has 0 atom stereocenters. The van der Waals surface area contributed by atoms with Gasteiger partial charge in [-0.3, -0.25) is 9.36 Å². The van der Waals surface area contributed by atoms with Crippen LogP contribution in [0.1, 0.15) is 16.7 Å². The highest BCUT2D eigenvalue weighted by Crippen LogP contribution is 2.28. The van der Waals surface area contributed by atoms with Gasteiger partial charge in [-0.15, -0.1) is 10.2 Å². The number of aryl methyl sites for hydroxylation is 1. The summed E-state index contributed by atoms with van der Waals surface area (Å²) in [4.78, 5) is 17.6. The van der Waals surface area contributed by atoms with Crippen LogP contribution in [0.4, 0.5) is 11.6 Å². The minimum absolute atomic E-state index is 0.149. The summed E-state index contributed by atoms with van der Waals surface area (Å²) in [6.07, 6.45) is 2.69. The van der Waals surface area contributed by atoms with Crippen LogP contribution in [0.25, 0.3) is 16.7 Å². The van der Waals surface area contributed by atoms with E-state index < -0.39 is 0 Å². The Morgan fingerprint density at radius 1 is 1.06 bits per heavy atom. The molecule has 9 heteroatoms. The SMILES string of the molecule is Cc1cn(-c2c(Cl)cccc2Cl)c(=O)c2nnc(Nc3ccc4c(c3)CNCC4)nc12. The predicted octanol–water partition coefficient (Wildman–Crippen LogP) is 4.18. The number of halogens is 2. The molecule has 0 radical (unpaired) electrons. The van der Waals surface area contributed by atoms with E-state index in [9.17, 15) is 4.79 Å². The summed E-state index contributed by atoms with van der Waals surface area (Å²) in [6, 6.07) is 11.3. The fourth-order valence-corrected chi connectivity index (χ4v) is 4.38. The first-order chi connectivity index (χ1) is 15.0. The number of para-hydroxylation sites is 1. The summed E-state index contributed by atoms with van der Waals surface area (Å²) in [5.41, 5.74) is 4.86. The number of nitrogens with one attached hydrogen (secondary N) is 2. The molecule has 5 rings (SSSR count). The van der Waals surface area contributed by atoms with Gasteiger partial charge in [0.2, 0.25) is 5.95 Å². The monoisotopic (exact) mass is 452 g/mol. The molecule has 1 aliphatic heterocycles. The average Bonchev–Trinajstić information content (AvgIpc) is 2.77. The molecular formula is C22H18Cl2N6O. The molecule has 2 aromatic heterocycles. The van der Waals surface area contributed by atoms with E-state index in [1.54, 1.807) is 24.4 Å². The van der Waals surface area contributed by atoms with Gasteiger partial charge in [0, 0.05) is 18.4 Å². The Balaban J connectivity index is 1.55. The third-order valence-corrected chi connectivity index (χ3v) is 5.94. The Morgan fingerprint density at radius 3 is 2.68 bits per heavy atom. The molecule has 0 amide bonds. The predicted molar refractivity (Wildman–Crippen MR) is 123 cm³/mol. The minimum Gasteiger partial charge on any atom is -0.323 e. The fourth-order valence-electron chi connectivity index (χ4n) is 3.80. The molecule has 0 aliphatic carbocycles. The van der Waals surface area contributed by atoms with Gasteiger partial charge in [0.05, 0.1) is 15.7 Å². The molecule has 0 fully saturated rings. The number of hydrogen-bond donors (Lipinski definition) is 2. The van der Waals surface area contributed by atoms with Crippen molar-refractivity contribution in [2.45, 2.75) is 19.9 Å². The van der Waals surface area contributed by atoms with Crippen LogP contribution < -0.4 is 16.2 Å². The zero-order valence-corrected chi connectivity index (χ0v) is 18.1. The number of aromatic nitrogens is 4. The Morgan fingerprint density at radius 2 is 1.87 bits per heavy atom. The van der Waals surface area contributed by atoms with Crippen LogP contribution in [0.2, 0.25) is 10.0 Å². The summed E-state index contributed by atoms with van der Waals surface area (Å²) in [5, 5.41) is 15.6. The Labute approximate surface area is 188 Å². The van der Waals surface area contributed by atoms with Crippen LogP contribution in [0.5, 0.6) is 0 Å². The van der Waals surface area contributed by atoms with Gasteiger partial charge in [0.15, 0.2) is 5.52 Å². The van der Waals surface area contributed by atoms with E-state index >= 15 is 0 Å². The number of pyridine rings is 1. The van der Waals surface area contributed by atoms with Gasteiger partial charge >= 0.3 is 0 Å². The normalized spacial score (nSPS) is 13.3. The maximum Gasteiger partial charge on any atom is 0.285 e. The molecule has 0 saturated heterocycles. The lowest BCUT2D eigenvalue weighted by Crippen LogP contribution is -2.23. The average molecular weight is 453 g/mol. The summed E-state index contributed by atoms with van der Waals surface area (Å²) in [5.74, 6) is 0.326. The first kappa shape index (κ1) is 19.9. The Hall–Kier alpha value is -3.00. The third-order valence-electron chi connectivity index (χ3n) is 5.33. The molecule has 156 valence electrons. The van der Waals surface area contributed by atoms with E-state index in [0.29, 0.717) is 27.2 Å². The maximum atomic E-state index is 13.1. The molecule has 7 nitrogen and oxygen atoms in total. The fraction of sp³-hybridized carbons (Fsp3) is 0.182. The van der Waals surface area contributed by atoms with Crippen LogP contribution >= 0.6 is 23.2 Å². The van der Waals surface area contributed by atoms with Gasteiger partial charge in [0.1, 0.15) is 5.52 Å². The summed E-state index contributed by atoms with van der Waals surface area (Å²) in [7, 11) is 0. The van der Waals surface area contributed by atoms with Crippen LogP contribution in [0, 0.1) is 6.92 Å². The van der Waals surface area contributed by atoms with E-state index in [0.717, 1.165) is 30.8 Å². The first-order valence-corrected chi connectivity index (χ1v) is 10.6. The standard InChI is InChI=1S/C22H18Cl2N6O/c1-12-11-30(20-16(23)3-2-4-17(20)24)21(31)19-18(12)27-22(29-28-19)26-15-6-5-13-7-8-25-10-14(13)9-15/h2-6,9,11,25H,7-8,10H2,1H3,(H,26,27,29). The molecule has 2 aromatic carbocycles. The van der Waals surface area contributed by atoms with Crippen molar-refractivity contribution >= 4 is 45.9 Å². The minimum atomic E-state index is -0.387. The molecule has 0 bridgehead atoms. The molecule has 0 saturated carbocycles. The second-order valence-electron chi connectivity index (χ2n) is 7.43. The number of benzene rings is 2. The molecule has 3 heterocycles. The van der Waals surface area contributed by atoms with Crippen molar-refractivity contribution < 1.29 is 0 Å². The smallest absolute Gasteiger partial charge is 0.285 e. The second kappa shape index (κ2) is 7.92. The Bertz CT molecular complexity index is 1360. The number of hydrogen-bond acceptors (Lipinski definition) is 6. The maximum absolute atomic E-state index is 13.1. The number of rotatable bonds is 3. The third kappa shape index (κ3) is 3.65. The van der Waals surface area contributed by atoms with Crippen LogP contribution in [-0.2, 0) is 13.0 Å². The molecule has 0 spiro atoms. The largest absolute Gasteiger partial charge is 0.323 e. The lowest BCUT2D eigenvalue weighted by Gasteiger charge is -2.18. The van der Waals surface area contributed by atoms with Gasteiger partial charge in [-0.2, -0.15) is 0 Å². The van der Waals surface area contributed by atoms with Crippen LogP contribution in [-0.4, -0.2) is 26.3 Å². The summed E-state index contributed by atoms with van der Waals surface area (Å²) < 4.78 is 1.39. The molecule has 0 unspecified atom stereocenters. The highest BCUT2D eigenvalue weighted by molar-refractivity contribution is 6.37. The quantitative estimate of drug-likeness (QED) is 0.484. The molecule has 31 heavy (non-hydrogen) atoms. The van der Waals surface area contributed by atoms with Gasteiger partial charge in [-0.25, -0.2) is 4.98 Å². The van der Waals surface area contributed by atoms with Gasteiger partial charge in [0.25, 0.3) is 5.56 Å². The molecule has 1 aliphatic rings. The highest BCUT2D eigenvalue weighted by Gasteiger charge is 2.16. The Kier molecular flexibility index (Phi) is 5.09. The lowest BCUT2D eigenvalue weighted by atomic mass is 10.0. The van der Waals surface area contributed by atoms with Crippen molar-refractivity contribution in [2.75, 3.05) is 11.9 Å². The lowest BCUT2D eigenvalue weighted by molar-refractivity contribution is 0.644. The second-order valence-corrected chi connectivity index (χ2v) is 8.24. The topological polar surface area (TPSA) is 84.7 Å². The summed E-state index contributed by atoms with van der Waals surface area (Å²) in [6.45, 7) is 3.69. The number of nitrogens with zero attached hydrogens (tertiary/aromatic N) is 4. The zero-order chi connectivity index (χ0) is 21.5. The number of anilines is 2. The molecular weight excluding hydrogens is 435 g/mol. The number of fused-ring (bicyclic) bond motifs is 2. The molecule has 2 N–H and O–H groups in total. The van der Waals surface area contributed by atoms with Crippen molar-refractivity contribution in [3.63, 3.8) is 0 Å². The van der Waals surface area contributed by atoms with E-state index in [1.807, 2.05) is 13.0 Å². The van der Waals surface area contributed by atoms with E-state index in [4.69, 9.17) is 23.2 Å². The van der Waals surface area contributed by atoms with Crippen molar-refractivity contribution in [1.82, 2.24) is 25.1 Å². The van der Waals surface area contributed by atoms with Gasteiger partial charge < -0.3 is 10.6 Å². The van der Waals surface area contributed by atoms with E-state index in [2.05, 4.69) is 37.9 Å². The van der Waals surface area contributed by atoms with Crippen molar-refractivity contribution in [2.24, 2.45) is 0 Å². The van der Waals surface area contributed by atoms with E-state index in [1.165, 1.54) is 15.7 Å².